The lowest BCUT2D eigenvalue weighted by Gasteiger charge is -2.19. The molecule has 0 atom stereocenters. The number of anilines is 2. The molecule has 132 valence electrons. The van der Waals surface area contributed by atoms with Gasteiger partial charge in [-0.05, 0) is 30.8 Å². The topological polar surface area (TPSA) is 70.7 Å². The number of nitrogens with zero attached hydrogens (tertiary/aromatic N) is 1. The second-order valence-electron chi connectivity index (χ2n) is 5.47. The highest BCUT2D eigenvalue weighted by molar-refractivity contribution is 5.95. The van der Waals surface area contributed by atoms with Gasteiger partial charge in [-0.15, -0.1) is 0 Å². The number of carbonyl (C=O) groups excluding carboxylic acids is 2. The number of likely N-dealkylation sites (N-methyl/N-ethyl adjacent to an activating group) is 1. The summed E-state index contributed by atoms with van der Waals surface area (Å²) in [6, 6.07) is 16.4. The van der Waals surface area contributed by atoms with Gasteiger partial charge in [0.05, 0.1) is 25.9 Å². The highest BCUT2D eigenvalue weighted by Gasteiger charge is 2.14. The van der Waals surface area contributed by atoms with Gasteiger partial charge in [-0.25, -0.2) is 0 Å². The van der Waals surface area contributed by atoms with E-state index in [-0.39, 0.29) is 24.9 Å². The number of para-hydroxylation sites is 3. The number of hydrogen-bond donors (Lipinski definition) is 2. The van der Waals surface area contributed by atoms with Crippen molar-refractivity contribution in [1.82, 2.24) is 4.90 Å². The predicted octanol–water partition coefficient (Wildman–Crippen LogP) is 2.59. The molecule has 0 bridgehead atoms. The van der Waals surface area contributed by atoms with Gasteiger partial charge in [0, 0.05) is 5.69 Å². The fourth-order valence-electron chi connectivity index (χ4n) is 2.35. The van der Waals surface area contributed by atoms with Gasteiger partial charge in [0.1, 0.15) is 5.75 Å². The molecule has 2 aromatic carbocycles. The SMILES string of the molecule is CCN(CC(=O)Nc1ccccc1)CC(=O)Nc1ccccc1OC. The number of amides is 2. The van der Waals surface area contributed by atoms with Crippen LogP contribution < -0.4 is 15.4 Å². The monoisotopic (exact) mass is 341 g/mol. The molecule has 6 nitrogen and oxygen atoms in total. The van der Waals surface area contributed by atoms with E-state index in [1.165, 1.54) is 0 Å². The van der Waals surface area contributed by atoms with Crippen LogP contribution in [0.3, 0.4) is 0 Å². The first-order chi connectivity index (χ1) is 12.1. The van der Waals surface area contributed by atoms with Gasteiger partial charge in [0.2, 0.25) is 11.8 Å². The van der Waals surface area contributed by atoms with Crippen LogP contribution in [0, 0.1) is 0 Å². The van der Waals surface area contributed by atoms with Gasteiger partial charge >= 0.3 is 0 Å². The molecule has 0 heterocycles. The minimum atomic E-state index is -0.195. The molecule has 2 N–H and O–H groups in total. The molecule has 0 aromatic heterocycles. The maximum absolute atomic E-state index is 12.2. The lowest BCUT2D eigenvalue weighted by Crippen LogP contribution is -2.38. The second kappa shape index (κ2) is 9.44. The van der Waals surface area contributed by atoms with Gasteiger partial charge in [-0.3, -0.25) is 14.5 Å². The average Bonchev–Trinajstić information content (AvgIpc) is 2.62. The lowest BCUT2D eigenvalue weighted by molar-refractivity contribution is -0.119. The molecule has 6 heteroatoms. The first-order valence-electron chi connectivity index (χ1n) is 8.12. The van der Waals surface area contributed by atoms with Crippen molar-refractivity contribution in [2.24, 2.45) is 0 Å². The molecular weight excluding hydrogens is 318 g/mol. The van der Waals surface area contributed by atoms with Gasteiger partial charge in [0.15, 0.2) is 0 Å². The third-order valence-electron chi connectivity index (χ3n) is 3.62. The molecule has 2 amide bonds. The highest BCUT2D eigenvalue weighted by atomic mass is 16.5. The Morgan fingerprint density at radius 2 is 1.52 bits per heavy atom. The Morgan fingerprint density at radius 1 is 0.920 bits per heavy atom. The van der Waals surface area contributed by atoms with E-state index in [9.17, 15) is 9.59 Å². The van der Waals surface area contributed by atoms with Crippen LogP contribution in [0.4, 0.5) is 11.4 Å². The Labute approximate surface area is 147 Å². The van der Waals surface area contributed by atoms with E-state index in [0.29, 0.717) is 18.0 Å². The van der Waals surface area contributed by atoms with Crippen LogP contribution in [0.5, 0.6) is 5.75 Å². The van der Waals surface area contributed by atoms with E-state index in [4.69, 9.17) is 4.74 Å². The van der Waals surface area contributed by atoms with Crippen LogP contribution in [0.1, 0.15) is 6.92 Å². The Bertz CT molecular complexity index is 704. The molecule has 0 aliphatic heterocycles. The summed E-state index contributed by atoms with van der Waals surface area (Å²) in [7, 11) is 1.55. The normalized spacial score (nSPS) is 10.4. The fraction of sp³-hybridized carbons (Fsp3) is 0.263. The standard InChI is InChI=1S/C19H23N3O3/c1-3-22(13-18(23)20-15-9-5-4-6-10-15)14-19(24)21-16-11-7-8-12-17(16)25-2/h4-12H,3,13-14H2,1-2H3,(H,20,23)(H,21,24). The summed E-state index contributed by atoms with van der Waals surface area (Å²) < 4.78 is 5.22. The van der Waals surface area contributed by atoms with E-state index < -0.39 is 0 Å². The first-order valence-corrected chi connectivity index (χ1v) is 8.12. The summed E-state index contributed by atoms with van der Waals surface area (Å²) in [5, 5.41) is 5.63. The molecular formula is C19H23N3O3. The summed E-state index contributed by atoms with van der Waals surface area (Å²) in [5.74, 6) is 0.248. The van der Waals surface area contributed by atoms with Crippen molar-refractivity contribution in [2.75, 3.05) is 37.4 Å². The number of methoxy groups -OCH3 is 1. The summed E-state index contributed by atoms with van der Waals surface area (Å²) in [6.45, 7) is 2.76. The minimum Gasteiger partial charge on any atom is -0.495 e. The summed E-state index contributed by atoms with van der Waals surface area (Å²) in [4.78, 5) is 26.1. The number of ether oxygens (including phenoxy) is 1. The number of benzene rings is 2. The van der Waals surface area contributed by atoms with Crippen LogP contribution in [-0.4, -0.2) is 43.5 Å². The third kappa shape index (κ3) is 5.93. The quantitative estimate of drug-likeness (QED) is 0.774. The van der Waals surface area contributed by atoms with Gasteiger partial charge < -0.3 is 15.4 Å². The average molecular weight is 341 g/mol. The fourth-order valence-corrected chi connectivity index (χ4v) is 2.35. The largest absolute Gasteiger partial charge is 0.495 e. The maximum atomic E-state index is 12.2. The Kier molecular flexibility index (Phi) is 6.98. The molecule has 2 rings (SSSR count). The smallest absolute Gasteiger partial charge is 0.238 e. The summed E-state index contributed by atoms with van der Waals surface area (Å²) >= 11 is 0. The zero-order chi connectivity index (χ0) is 18.1. The summed E-state index contributed by atoms with van der Waals surface area (Å²) in [5.41, 5.74) is 1.35. The van der Waals surface area contributed by atoms with Gasteiger partial charge in [-0.1, -0.05) is 37.3 Å². The molecule has 0 saturated heterocycles. The molecule has 0 unspecified atom stereocenters. The lowest BCUT2D eigenvalue weighted by atomic mass is 10.3. The first kappa shape index (κ1) is 18.5. The van der Waals surface area contributed by atoms with E-state index in [1.54, 1.807) is 24.1 Å². The zero-order valence-corrected chi connectivity index (χ0v) is 14.5. The van der Waals surface area contributed by atoms with Crippen molar-refractivity contribution >= 4 is 23.2 Å². The molecule has 0 fully saturated rings. The molecule has 0 aliphatic carbocycles. The highest BCUT2D eigenvalue weighted by Crippen LogP contribution is 2.22. The third-order valence-corrected chi connectivity index (χ3v) is 3.62. The molecule has 2 aromatic rings. The van der Waals surface area contributed by atoms with Crippen molar-refractivity contribution in [3.8, 4) is 5.75 Å². The molecule has 0 spiro atoms. The molecule has 0 saturated carbocycles. The zero-order valence-electron chi connectivity index (χ0n) is 14.5. The van der Waals surface area contributed by atoms with Gasteiger partial charge in [0.25, 0.3) is 0 Å². The van der Waals surface area contributed by atoms with Crippen molar-refractivity contribution in [3.63, 3.8) is 0 Å². The van der Waals surface area contributed by atoms with Gasteiger partial charge in [-0.2, -0.15) is 0 Å². The van der Waals surface area contributed by atoms with Crippen LogP contribution in [0.25, 0.3) is 0 Å². The Hall–Kier alpha value is -2.86. The van der Waals surface area contributed by atoms with Crippen LogP contribution >= 0.6 is 0 Å². The molecule has 0 aliphatic rings. The number of nitrogens with one attached hydrogen (secondary N) is 2. The van der Waals surface area contributed by atoms with Crippen LogP contribution in [0.2, 0.25) is 0 Å². The van der Waals surface area contributed by atoms with Crippen molar-refractivity contribution in [3.05, 3.63) is 54.6 Å². The predicted molar refractivity (Wildman–Crippen MR) is 98.8 cm³/mol. The number of hydrogen-bond acceptors (Lipinski definition) is 4. The minimum absolute atomic E-state index is 0.122. The number of carbonyl (C=O) groups is 2. The van der Waals surface area contributed by atoms with E-state index in [1.807, 2.05) is 49.4 Å². The summed E-state index contributed by atoms with van der Waals surface area (Å²) in [6.07, 6.45) is 0. The Balaban J connectivity index is 1.88. The van der Waals surface area contributed by atoms with E-state index in [2.05, 4.69) is 10.6 Å². The van der Waals surface area contributed by atoms with Crippen molar-refractivity contribution in [2.45, 2.75) is 6.92 Å². The van der Waals surface area contributed by atoms with Crippen molar-refractivity contribution in [1.29, 1.82) is 0 Å². The number of rotatable bonds is 8. The van der Waals surface area contributed by atoms with Crippen LogP contribution in [-0.2, 0) is 9.59 Å². The maximum Gasteiger partial charge on any atom is 0.238 e. The van der Waals surface area contributed by atoms with Crippen molar-refractivity contribution < 1.29 is 14.3 Å². The van der Waals surface area contributed by atoms with E-state index >= 15 is 0 Å². The second-order valence-corrected chi connectivity index (χ2v) is 5.47. The molecule has 25 heavy (non-hydrogen) atoms. The molecule has 0 radical (unpaired) electrons. The Morgan fingerprint density at radius 3 is 2.16 bits per heavy atom. The van der Waals surface area contributed by atoms with Crippen LogP contribution in [0.15, 0.2) is 54.6 Å². The van der Waals surface area contributed by atoms with E-state index in [0.717, 1.165) is 5.69 Å².